The van der Waals surface area contributed by atoms with Gasteiger partial charge in [0.25, 0.3) is 0 Å². The van der Waals surface area contributed by atoms with Crippen LogP contribution in [0, 0.1) is 0 Å². The number of aromatic nitrogens is 1. The Kier molecular flexibility index (Phi) is 4.81. The highest BCUT2D eigenvalue weighted by Crippen LogP contribution is 2.26. The minimum atomic E-state index is 0. The minimum absolute atomic E-state index is 0. The Hall–Kier alpha value is -1.35. The van der Waals surface area contributed by atoms with Gasteiger partial charge < -0.3 is 10.3 Å². The summed E-state index contributed by atoms with van der Waals surface area (Å²) in [6.45, 7) is 0.725. The van der Waals surface area contributed by atoms with E-state index in [4.69, 9.17) is 23.2 Å². The van der Waals surface area contributed by atoms with Gasteiger partial charge >= 0.3 is 0 Å². The molecule has 1 heterocycles. The van der Waals surface area contributed by atoms with E-state index in [2.05, 4.69) is 34.6 Å². The number of rotatable bonds is 3. The van der Waals surface area contributed by atoms with Crippen molar-refractivity contribution in [3.63, 3.8) is 0 Å². The molecule has 3 rings (SSSR count). The second-order valence-corrected chi connectivity index (χ2v) is 5.22. The summed E-state index contributed by atoms with van der Waals surface area (Å²) in [5, 5.41) is 5.80. The Bertz CT molecular complexity index is 722. The third-order valence-corrected chi connectivity index (χ3v) is 3.58. The van der Waals surface area contributed by atoms with E-state index in [1.807, 2.05) is 18.3 Å². The second kappa shape index (κ2) is 6.40. The lowest BCUT2D eigenvalue weighted by atomic mass is 10.1. The number of fused-ring (bicyclic) bond motifs is 1. The lowest BCUT2D eigenvalue weighted by molar-refractivity contribution is 1.15. The van der Waals surface area contributed by atoms with Crippen LogP contribution < -0.4 is 5.32 Å². The second-order valence-electron chi connectivity index (χ2n) is 4.38. The quantitative estimate of drug-likeness (QED) is 0.652. The van der Waals surface area contributed by atoms with Crippen LogP contribution in [-0.2, 0) is 6.54 Å². The van der Waals surface area contributed by atoms with Gasteiger partial charge in [-0.2, -0.15) is 0 Å². The molecule has 20 heavy (non-hydrogen) atoms. The van der Waals surface area contributed by atoms with E-state index in [1.54, 1.807) is 6.07 Å². The van der Waals surface area contributed by atoms with Crippen LogP contribution in [0.25, 0.3) is 10.9 Å². The number of aromatic amines is 1. The van der Waals surface area contributed by atoms with E-state index in [9.17, 15) is 0 Å². The molecule has 0 atom stereocenters. The maximum atomic E-state index is 6.12. The number of H-pyrrole nitrogens is 1. The van der Waals surface area contributed by atoms with Gasteiger partial charge in [-0.3, -0.25) is 0 Å². The number of hydrogen-bond acceptors (Lipinski definition) is 1. The first-order chi connectivity index (χ1) is 9.22. The van der Waals surface area contributed by atoms with Gasteiger partial charge in [-0.15, -0.1) is 12.4 Å². The third kappa shape index (κ3) is 3.21. The standard InChI is InChI=1S/C15H12Cl2N2.ClH/c16-12-2-4-15(13(17)8-12)19-9-10-1-3-14-11(7-10)5-6-18-14;/h1-8,18-19H,9H2;1H. The van der Waals surface area contributed by atoms with E-state index in [0.717, 1.165) is 17.7 Å². The normalized spacial score (nSPS) is 10.3. The number of anilines is 1. The van der Waals surface area contributed by atoms with Crippen molar-refractivity contribution in [2.45, 2.75) is 6.54 Å². The van der Waals surface area contributed by atoms with Crippen molar-refractivity contribution < 1.29 is 0 Å². The molecule has 0 saturated carbocycles. The van der Waals surface area contributed by atoms with E-state index in [-0.39, 0.29) is 12.4 Å². The van der Waals surface area contributed by atoms with Crippen molar-refractivity contribution in [3.8, 4) is 0 Å². The highest BCUT2D eigenvalue weighted by atomic mass is 35.5. The molecule has 0 saturated heterocycles. The molecule has 104 valence electrons. The summed E-state index contributed by atoms with van der Waals surface area (Å²) >= 11 is 12.0. The molecule has 0 amide bonds. The fourth-order valence-electron chi connectivity index (χ4n) is 2.04. The highest BCUT2D eigenvalue weighted by Gasteiger charge is 2.02. The van der Waals surface area contributed by atoms with Crippen molar-refractivity contribution in [2.75, 3.05) is 5.32 Å². The summed E-state index contributed by atoms with van der Waals surface area (Å²) in [6.07, 6.45) is 1.94. The van der Waals surface area contributed by atoms with Gasteiger partial charge in [-0.05, 0) is 47.3 Å². The van der Waals surface area contributed by atoms with Crippen molar-refractivity contribution in [1.82, 2.24) is 4.98 Å². The summed E-state index contributed by atoms with van der Waals surface area (Å²) in [4.78, 5) is 3.18. The van der Waals surface area contributed by atoms with Crippen LogP contribution in [0.2, 0.25) is 10.0 Å². The number of nitrogens with one attached hydrogen (secondary N) is 2. The Labute approximate surface area is 133 Å². The maximum Gasteiger partial charge on any atom is 0.0652 e. The average Bonchev–Trinajstić information content (AvgIpc) is 2.85. The van der Waals surface area contributed by atoms with Gasteiger partial charge in [0.1, 0.15) is 0 Å². The molecule has 3 aromatic rings. The molecule has 1 aromatic heterocycles. The summed E-state index contributed by atoms with van der Waals surface area (Å²) in [5.74, 6) is 0. The zero-order valence-electron chi connectivity index (χ0n) is 10.5. The van der Waals surface area contributed by atoms with Crippen LogP contribution in [0.1, 0.15) is 5.56 Å². The predicted molar refractivity (Wildman–Crippen MR) is 89.3 cm³/mol. The van der Waals surface area contributed by atoms with Crippen LogP contribution in [0.15, 0.2) is 48.7 Å². The molecule has 2 aromatic carbocycles. The topological polar surface area (TPSA) is 27.8 Å². The SMILES string of the molecule is Cl.Clc1ccc(NCc2ccc3[nH]ccc3c2)c(Cl)c1. The first-order valence-electron chi connectivity index (χ1n) is 5.97. The molecule has 5 heteroatoms. The molecule has 0 aliphatic heterocycles. The molecule has 0 spiro atoms. The van der Waals surface area contributed by atoms with E-state index >= 15 is 0 Å². The van der Waals surface area contributed by atoms with Crippen molar-refractivity contribution in [2.24, 2.45) is 0 Å². The molecule has 0 fully saturated rings. The zero-order valence-corrected chi connectivity index (χ0v) is 12.8. The first kappa shape index (κ1) is 15.0. The van der Waals surface area contributed by atoms with Crippen molar-refractivity contribution >= 4 is 52.2 Å². The Morgan fingerprint density at radius 2 is 1.85 bits per heavy atom. The molecule has 0 unspecified atom stereocenters. The zero-order chi connectivity index (χ0) is 13.2. The molecule has 2 N–H and O–H groups in total. The van der Waals surface area contributed by atoms with E-state index in [1.165, 1.54) is 10.9 Å². The maximum absolute atomic E-state index is 6.12. The summed E-state index contributed by atoms with van der Waals surface area (Å²) < 4.78 is 0. The molecular weight excluding hydrogens is 315 g/mol. The monoisotopic (exact) mass is 326 g/mol. The molecule has 0 aliphatic carbocycles. The number of benzene rings is 2. The molecule has 0 radical (unpaired) electrons. The molecular formula is C15H13Cl3N2. The lowest BCUT2D eigenvalue weighted by Gasteiger charge is -2.09. The first-order valence-corrected chi connectivity index (χ1v) is 6.73. The summed E-state index contributed by atoms with van der Waals surface area (Å²) in [7, 11) is 0. The van der Waals surface area contributed by atoms with Crippen LogP contribution >= 0.6 is 35.6 Å². The molecule has 0 bridgehead atoms. The van der Waals surface area contributed by atoms with Crippen LogP contribution in [0.5, 0.6) is 0 Å². The van der Waals surface area contributed by atoms with Crippen LogP contribution in [-0.4, -0.2) is 4.98 Å². The van der Waals surface area contributed by atoms with Crippen LogP contribution in [0.3, 0.4) is 0 Å². The third-order valence-electron chi connectivity index (χ3n) is 3.03. The average molecular weight is 328 g/mol. The smallest absolute Gasteiger partial charge is 0.0652 e. The van der Waals surface area contributed by atoms with Gasteiger partial charge in [-0.1, -0.05) is 29.3 Å². The van der Waals surface area contributed by atoms with Crippen LogP contribution in [0.4, 0.5) is 5.69 Å². The van der Waals surface area contributed by atoms with Gasteiger partial charge in [0, 0.05) is 23.3 Å². The fraction of sp³-hybridized carbons (Fsp3) is 0.0667. The molecule has 0 aliphatic rings. The summed E-state index contributed by atoms with van der Waals surface area (Å²) in [5.41, 5.74) is 3.24. The predicted octanol–water partition coefficient (Wildman–Crippen LogP) is 5.51. The van der Waals surface area contributed by atoms with Crippen molar-refractivity contribution in [1.29, 1.82) is 0 Å². The van der Waals surface area contributed by atoms with Crippen molar-refractivity contribution in [3.05, 3.63) is 64.3 Å². The fourth-order valence-corrected chi connectivity index (χ4v) is 2.52. The van der Waals surface area contributed by atoms with Gasteiger partial charge in [0.2, 0.25) is 0 Å². The summed E-state index contributed by atoms with van der Waals surface area (Å²) in [6, 6.07) is 13.8. The molecule has 2 nitrogen and oxygen atoms in total. The largest absolute Gasteiger partial charge is 0.380 e. The number of hydrogen-bond donors (Lipinski definition) is 2. The van der Waals surface area contributed by atoms with E-state index in [0.29, 0.717) is 10.0 Å². The van der Waals surface area contributed by atoms with E-state index < -0.39 is 0 Å². The van der Waals surface area contributed by atoms with Gasteiger partial charge in [0.15, 0.2) is 0 Å². The van der Waals surface area contributed by atoms with Gasteiger partial charge in [-0.25, -0.2) is 0 Å². The highest BCUT2D eigenvalue weighted by molar-refractivity contribution is 6.36. The number of halogens is 3. The Morgan fingerprint density at radius 3 is 2.65 bits per heavy atom. The Balaban J connectivity index is 0.00000147. The Morgan fingerprint density at radius 1 is 1.00 bits per heavy atom. The lowest BCUT2D eigenvalue weighted by Crippen LogP contribution is -1.99. The minimum Gasteiger partial charge on any atom is -0.380 e. The van der Waals surface area contributed by atoms with Gasteiger partial charge in [0.05, 0.1) is 10.7 Å².